The van der Waals surface area contributed by atoms with Crippen LogP contribution < -0.4 is 0 Å². The second kappa shape index (κ2) is 5.72. The van der Waals surface area contributed by atoms with E-state index in [0.29, 0.717) is 6.54 Å². The number of carbonyl (C=O) groups is 2. The lowest BCUT2D eigenvalue weighted by Gasteiger charge is -2.45. The Morgan fingerprint density at radius 3 is 2.72 bits per heavy atom. The van der Waals surface area contributed by atoms with Crippen LogP contribution >= 0.6 is 0 Å². The van der Waals surface area contributed by atoms with Crippen molar-refractivity contribution in [2.45, 2.75) is 64.5 Å². The minimum absolute atomic E-state index is 0.147. The Balaban J connectivity index is 2.13. The summed E-state index contributed by atoms with van der Waals surface area (Å²) < 4.78 is 0. The summed E-state index contributed by atoms with van der Waals surface area (Å²) in [5, 5.41) is 0. The Morgan fingerprint density at radius 1 is 1.28 bits per heavy atom. The molecule has 102 valence electrons. The molecule has 2 amide bonds. The van der Waals surface area contributed by atoms with Crippen LogP contribution in [0.2, 0.25) is 0 Å². The number of piperidine rings is 1. The van der Waals surface area contributed by atoms with E-state index in [9.17, 15) is 9.59 Å². The van der Waals surface area contributed by atoms with Crippen LogP contribution in [0.1, 0.15) is 52.4 Å². The molecule has 0 radical (unpaired) electrons. The number of hydrogen-bond donors (Lipinski definition) is 0. The van der Waals surface area contributed by atoms with Crippen LogP contribution in [0.3, 0.4) is 0 Å². The van der Waals surface area contributed by atoms with Gasteiger partial charge in [-0.15, -0.1) is 0 Å². The third kappa shape index (κ3) is 2.38. The molecule has 2 aliphatic rings. The summed E-state index contributed by atoms with van der Waals surface area (Å²) in [4.78, 5) is 28.3. The molecule has 0 aromatic rings. The van der Waals surface area contributed by atoms with Gasteiger partial charge in [0, 0.05) is 12.6 Å². The van der Waals surface area contributed by atoms with Crippen molar-refractivity contribution in [3.8, 4) is 0 Å². The van der Waals surface area contributed by atoms with Gasteiger partial charge >= 0.3 is 0 Å². The number of rotatable bonds is 4. The summed E-state index contributed by atoms with van der Waals surface area (Å²) in [7, 11) is 0. The van der Waals surface area contributed by atoms with E-state index in [1.54, 1.807) is 4.90 Å². The quantitative estimate of drug-likeness (QED) is 0.765. The lowest BCUT2D eigenvalue weighted by Crippen LogP contribution is -2.63. The summed E-state index contributed by atoms with van der Waals surface area (Å²) >= 11 is 0. The fourth-order valence-electron chi connectivity index (χ4n) is 3.22. The van der Waals surface area contributed by atoms with Gasteiger partial charge in [0.25, 0.3) is 0 Å². The van der Waals surface area contributed by atoms with Crippen molar-refractivity contribution in [2.24, 2.45) is 0 Å². The van der Waals surface area contributed by atoms with Crippen LogP contribution in [0.15, 0.2) is 0 Å². The highest BCUT2D eigenvalue weighted by Gasteiger charge is 2.42. The monoisotopic (exact) mass is 252 g/mol. The molecule has 2 aliphatic heterocycles. The Bertz CT molecular complexity index is 330. The Kier molecular flexibility index (Phi) is 4.25. The molecule has 0 aliphatic carbocycles. The highest BCUT2D eigenvalue weighted by Crippen LogP contribution is 2.25. The van der Waals surface area contributed by atoms with Gasteiger partial charge in [-0.25, -0.2) is 0 Å². The highest BCUT2D eigenvalue weighted by atomic mass is 16.2. The molecule has 2 unspecified atom stereocenters. The van der Waals surface area contributed by atoms with Crippen LogP contribution in [0, 0.1) is 0 Å². The zero-order valence-corrected chi connectivity index (χ0v) is 11.5. The van der Waals surface area contributed by atoms with Gasteiger partial charge in [0.05, 0.1) is 0 Å². The molecule has 18 heavy (non-hydrogen) atoms. The average molecular weight is 252 g/mol. The molecule has 0 N–H and O–H groups in total. The predicted octanol–water partition coefficient (Wildman–Crippen LogP) is 1.79. The maximum absolute atomic E-state index is 12.5. The van der Waals surface area contributed by atoms with Gasteiger partial charge in [-0.2, -0.15) is 0 Å². The van der Waals surface area contributed by atoms with E-state index in [1.165, 1.54) is 0 Å². The van der Waals surface area contributed by atoms with E-state index in [1.807, 2.05) is 4.90 Å². The smallest absolute Gasteiger partial charge is 0.246 e. The highest BCUT2D eigenvalue weighted by molar-refractivity contribution is 5.95. The predicted molar refractivity (Wildman–Crippen MR) is 70.1 cm³/mol. The van der Waals surface area contributed by atoms with Gasteiger partial charge in [0.15, 0.2) is 0 Å². The van der Waals surface area contributed by atoms with Crippen molar-refractivity contribution in [3.63, 3.8) is 0 Å². The van der Waals surface area contributed by atoms with Gasteiger partial charge < -0.3 is 9.80 Å². The molecule has 0 bridgehead atoms. The molecular weight excluding hydrogens is 228 g/mol. The molecule has 2 rings (SSSR count). The Labute approximate surface area is 109 Å². The van der Waals surface area contributed by atoms with Crippen molar-refractivity contribution in [1.82, 2.24) is 9.80 Å². The average Bonchev–Trinajstić information content (AvgIpc) is 2.40. The van der Waals surface area contributed by atoms with E-state index < -0.39 is 0 Å². The second-order valence-electron chi connectivity index (χ2n) is 5.42. The van der Waals surface area contributed by atoms with E-state index in [-0.39, 0.29) is 23.9 Å². The maximum atomic E-state index is 12.5. The third-order valence-electron chi connectivity index (χ3n) is 4.23. The van der Waals surface area contributed by atoms with Crippen molar-refractivity contribution < 1.29 is 9.59 Å². The molecule has 0 aromatic heterocycles. The lowest BCUT2D eigenvalue weighted by molar-refractivity contribution is -0.160. The number of nitrogens with zero attached hydrogens (tertiary/aromatic N) is 2. The van der Waals surface area contributed by atoms with Crippen molar-refractivity contribution >= 4 is 11.8 Å². The molecule has 0 saturated carbocycles. The summed E-state index contributed by atoms with van der Waals surface area (Å²) in [6.07, 6.45) is 5.97. The fourth-order valence-corrected chi connectivity index (χ4v) is 3.22. The SMILES string of the molecule is CCCC(CC)N1CC(=O)N2CCCCC2C1=O. The zero-order valence-electron chi connectivity index (χ0n) is 11.5. The molecule has 4 heteroatoms. The topological polar surface area (TPSA) is 40.6 Å². The van der Waals surface area contributed by atoms with E-state index >= 15 is 0 Å². The molecular formula is C14H24N2O2. The third-order valence-corrected chi connectivity index (χ3v) is 4.23. The molecule has 2 saturated heterocycles. The molecule has 2 heterocycles. The van der Waals surface area contributed by atoms with Crippen LogP contribution in [0.25, 0.3) is 0 Å². The number of carbonyl (C=O) groups excluding carboxylic acids is 2. The number of fused-ring (bicyclic) bond motifs is 1. The fraction of sp³-hybridized carbons (Fsp3) is 0.857. The summed E-state index contributed by atoms with van der Waals surface area (Å²) in [6, 6.07) is 0.0847. The van der Waals surface area contributed by atoms with Gasteiger partial charge in [0.2, 0.25) is 11.8 Å². The first-order valence-corrected chi connectivity index (χ1v) is 7.29. The Morgan fingerprint density at radius 2 is 2.06 bits per heavy atom. The summed E-state index contributed by atoms with van der Waals surface area (Å²) in [6.45, 7) is 5.30. The lowest BCUT2D eigenvalue weighted by atomic mass is 9.96. The van der Waals surface area contributed by atoms with E-state index in [4.69, 9.17) is 0 Å². The molecule has 0 aromatic carbocycles. The summed E-state index contributed by atoms with van der Waals surface area (Å²) in [5.41, 5.74) is 0. The first kappa shape index (κ1) is 13.4. The van der Waals surface area contributed by atoms with Crippen LogP contribution in [-0.4, -0.2) is 46.8 Å². The largest absolute Gasteiger partial charge is 0.329 e. The molecule has 2 atom stereocenters. The minimum Gasteiger partial charge on any atom is -0.329 e. The number of hydrogen-bond acceptors (Lipinski definition) is 2. The van der Waals surface area contributed by atoms with Gasteiger partial charge in [-0.1, -0.05) is 20.3 Å². The van der Waals surface area contributed by atoms with Gasteiger partial charge in [0.1, 0.15) is 12.6 Å². The normalized spacial score (nSPS) is 26.2. The maximum Gasteiger partial charge on any atom is 0.246 e. The van der Waals surface area contributed by atoms with Gasteiger partial charge in [-0.3, -0.25) is 9.59 Å². The van der Waals surface area contributed by atoms with E-state index in [0.717, 1.165) is 45.1 Å². The standard InChI is InChI=1S/C14H24N2O2/c1-3-7-11(4-2)16-10-13(17)15-9-6-5-8-12(15)14(16)18/h11-12H,3-10H2,1-2H3. The first-order valence-electron chi connectivity index (χ1n) is 7.29. The zero-order chi connectivity index (χ0) is 13.1. The first-order chi connectivity index (χ1) is 8.69. The number of piperazine rings is 1. The van der Waals surface area contributed by atoms with Crippen molar-refractivity contribution in [2.75, 3.05) is 13.1 Å². The van der Waals surface area contributed by atoms with E-state index in [2.05, 4.69) is 13.8 Å². The van der Waals surface area contributed by atoms with Gasteiger partial charge in [-0.05, 0) is 32.1 Å². The molecule has 0 spiro atoms. The minimum atomic E-state index is -0.161. The molecule has 2 fully saturated rings. The van der Waals surface area contributed by atoms with Crippen molar-refractivity contribution in [1.29, 1.82) is 0 Å². The van der Waals surface area contributed by atoms with Crippen LogP contribution in [0.5, 0.6) is 0 Å². The molecule has 4 nitrogen and oxygen atoms in total. The van der Waals surface area contributed by atoms with Crippen LogP contribution in [-0.2, 0) is 9.59 Å². The Hall–Kier alpha value is -1.06. The van der Waals surface area contributed by atoms with Crippen LogP contribution in [0.4, 0.5) is 0 Å². The number of amides is 2. The van der Waals surface area contributed by atoms with Crippen molar-refractivity contribution in [3.05, 3.63) is 0 Å². The summed E-state index contributed by atoms with van der Waals surface area (Å²) in [5.74, 6) is 0.337. The second-order valence-corrected chi connectivity index (χ2v) is 5.42.